The van der Waals surface area contributed by atoms with Gasteiger partial charge in [-0.05, 0) is 44.4 Å². The van der Waals surface area contributed by atoms with Gasteiger partial charge < -0.3 is 5.11 Å². The Morgan fingerprint density at radius 1 is 1.47 bits per heavy atom. The molecule has 0 amide bonds. The molecule has 2 rings (SSSR count). The lowest BCUT2D eigenvalue weighted by Gasteiger charge is -2.45. The first-order chi connectivity index (χ1) is 7.06. The van der Waals surface area contributed by atoms with Crippen molar-refractivity contribution in [1.29, 1.82) is 0 Å². The number of aliphatic hydroxyl groups excluding tert-OH is 1. The van der Waals surface area contributed by atoms with Crippen LogP contribution in [-0.4, -0.2) is 11.2 Å². The van der Waals surface area contributed by atoms with E-state index in [1.54, 1.807) is 0 Å². The standard InChI is InChI=1S/C14H24O/c1-10(2)12-7-6-11(3)9-14(12)8-4-5-13(14)15/h6,10,12-13,15H,4-5,7-9H2,1-3H3. The predicted molar refractivity (Wildman–Crippen MR) is 63.6 cm³/mol. The lowest BCUT2D eigenvalue weighted by Crippen LogP contribution is -2.42. The molecule has 3 unspecified atom stereocenters. The fourth-order valence-corrected chi connectivity index (χ4v) is 3.94. The van der Waals surface area contributed by atoms with Crippen LogP contribution in [0.1, 0.15) is 52.9 Å². The molecule has 0 radical (unpaired) electrons. The second kappa shape index (κ2) is 3.93. The van der Waals surface area contributed by atoms with E-state index in [2.05, 4.69) is 26.8 Å². The van der Waals surface area contributed by atoms with Crippen LogP contribution in [0.2, 0.25) is 0 Å². The summed E-state index contributed by atoms with van der Waals surface area (Å²) in [5.74, 6) is 1.39. The molecule has 1 saturated carbocycles. The topological polar surface area (TPSA) is 20.2 Å². The van der Waals surface area contributed by atoms with Crippen molar-refractivity contribution in [2.45, 2.75) is 59.0 Å². The number of hydrogen-bond donors (Lipinski definition) is 1. The van der Waals surface area contributed by atoms with Crippen LogP contribution in [0, 0.1) is 17.3 Å². The average Bonchev–Trinajstić information content (AvgIpc) is 2.48. The van der Waals surface area contributed by atoms with Gasteiger partial charge in [-0.25, -0.2) is 0 Å². The zero-order chi connectivity index (χ0) is 11.1. The Morgan fingerprint density at radius 2 is 2.20 bits per heavy atom. The molecular formula is C14H24O. The Labute approximate surface area is 93.6 Å². The summed E-state index contributed by atoms with van der Waals surface area (Å²) in [5.41, 5.74) is 1.72. The zero-order valence-electron chi connectivity index (χ0n) is 10.3. The quantitative estimate of drug-likeness (QED) is 0.654. The molecule has 0 aliphatic heterocycles. The van der Waals surface area contributed by atoms with Gasteiger partial charge >= 0.3 is 0 Å². The molecule has 0 aromatic rings. The molecule has 3 atom stereocenters. The maximum atomic E-state index is 10.3. The number of allylic oxidation sites excluding steroid dienone is 2. The summed E-state index contributed by atoms with van der Waals surface area (Å²) in [6.45, 7) is 6.85. The lowest BCUT2D eigenvalue weighted by molar-refractivity contribution is -0.0167. The average molecular weight is 208 g/mol. The van der Waals surface area contributed by atoms with Crippen molar-refractivity contribution in [1.82, 2.24) is 0 Å². The maximum Gasteiger partial charge on any atom is 0.0602 e. The molecule has 1 fully saturated rings. The highest BCUT2D eigenvalue weighted by atomic mass is 16.3. The molecule has 1 heteroatoms. The van der Waals surface area contributed by atoms with Crippen molar-refractivity contribution < 1.29 is 5.11 Å². The minimum Gasteiger partial charge on any atom is -0.393 e. The molecule has 2 aliphatic carbocycles. The first kappa shape index (κ1) is 11.2. The fraction of sp³-hybridized carbons (Fsp3) is 0.857. The Kier molecular flexibility index (Phi) is 2.94. The Balaban J connectivity index is 2.29. The minimum absolute atomic E-state index is 0.0476. The van der Waals surface area contributed by atoms with E-state index in [1.807, 2.05) is 0 Å². The van der Waals surface area contributed by atoms with Gasteiger partial charge in [-0.1, -0.05) is 31.9 Å². The third kappa shape index (κ3) is 1.75. The molecule has 1 nitrogen and oxygen atoms in total. The predicted octanol–water partition coefficient (Wildman–Crippen LogP) is 3.53. The third-order valence-electron chi connectivity index (χ3n) is 4.65. The molecule has 15 heavy (non-hydrogen) atoms. The van der Waals surface area contributed by atoms with E-state index in [-0.39, 0.29) is 11.5 Å². The smallest absolute Gasteiger partial charge is 0.0602 e. The summed E-state index contributed by atoms with van der Waals surface area (Å²) in [4.78, 5) is 0. The van der Waals surface area contributed by atoms with Crippen molar-refractivity contribution in [3.05, 3.63) is 11.6 Å². The van der Waals surface area contributed by atoms with Gasteiger partial charge in [0.25, 0.3) is 0 Å². The first-order valence-electron chi connectivity index (χ1n) is 6.40. The maximum absolute atomic E-state index is 10.3. The van der Waals surface area contributed by atoms with Crippen molar-refractivity contribution >= 4 is 0 Å². The summed E-state index contributed by atoms with van der Waals surface area (Å²) in [7, 11) is 0. The van der Waals surface area contributed by atoms with Crippen LogP contribution in [0.5, 0.6) is 0 Å². The van der Waals surface area contributed by atoms with Crippen LogP contribution in [0.3, 0.4) is 0 Å². The molecule has 0 saturated heterocycles. The monoisotopic (exact) mass is 208 g/mol. The van der Waals surface area contributed by atoms with Crippen molar-refractivity contribution in [3.63, 3.8) is 0 Å². The van der Waals surface area contributed by atoms with Gasteiger partial charge in [0.2, 0.25) is 0 Å². The van der Waals surface area contributed by atoms with E-state index in [0.717, 1.165) is 12.8 Å². The summed E-state index contributed by atoms with van der Waals surface area (Å²) < 4.78 is 0. The van der Waals surface area contributed by atoms with E-state index in [9.17, 15) is 5.11 Å². The van der Waals surface area contributed by atoms with Crippen LogP contribution in [0.15, 0.2) is 11.6 Å². The highest BCUT2D eigenvalue weighted by molar-refractivity contribution is 5.14. The fourth-order valence-electron chi connectivity index (χ4n) is 3.94. The van der Waals surface area contributed by atoms with Crippen LogP contribution in [0.4, 0.5) is 0 Å². The third-order valence-corrected chi connectivity index (χ3v) is 4.65. The summed E-state index contributed by atoms with van der Waals surface area (Å²) in [5, 5.41) is 10.3. The molecule has 0 heterocycles. The van der Waals surface area contributed by atoms with Crippen LogP contribution in [0.25, 0.3) is 0 Å². The largest absolute Gasteiger partial charge is 0.393 e. The van der Waals surface area contributed by atoms with Gasteiger partial charge in [0, 0.05) is 5.41 Å². The normalized spacial score (nSPS) is 41.3. The Hall–Kier alpha value is -0.300. The van der Waals surface area contributed by atoms with E-state index < -0.39 is 0 Å². The first-order valence-corrected chi connectivity index (χ1v) is 6.40. The van der Waals surface area contributed by atoms with Gasteiger partial charge in [0.05, 0.1) is 6.10 Å². The van der Waals surface area contributed by atoms with Crippen molar-refractivity contribution in [2.24, 2.45) is 17.3 Å². The molecule has 0 bridgehead atoms. The molecule has 1 spiro atoms. The van der Waals surface area contributed by atoms with E-state index in [0.29, 0.717) is 11.8 Å². The van der Waals surface area contributed by atoms with E-state index in [1.165, 1.54) is 24.8 Å². The van der Waals surface area contributed by atoms with Crippen LogP contribution < -0.4 is 0 Å². The minimum atomic E-state index is -0.0476. The molecule has 86 valence electrons. The van der Waals surface area contributed by atoms with E-state index in [4.69, 9.17) is 0 Å². The highest BCUT2D eigenvalue weighted by Crippen LogP contribution is 2.54. The second-order valence-corrected chi connectivity index (χ2v) is 5.95. The highest BCUT2D eigenvalue weighted by Gasteiger charge is 2.49. The second-order valence-electron chi connectivity index (χ2n) is 5.95. The Bertz CT molecular complexity index is 267. The number of hydrogen-bond acceptors (Lipinski definition) is 1. The van der Waals surface area contributed by atoms with Gasteiger partial charge in [-0.2, -0.15) is 0 Å². The van der Waals surface area contributed by atoms with E-state index >= 15 is 0 Å². The molecule has 0 aromatic carbocycles. The van der Waals surface area contributed by atoms with Gasteiger partial charge in [0.15, 0.2) is 0 Å². The molecular weight excluding hydrogens is 184 g/mol. The number of aliphatic hydroxyl groups is 1. The summed E-state index contributed by atoms with van der Waals surface area (Å²) in [6, 6.07) is 0. The molecule has 0 aromatic heterocycles. The summed E-state index contributed by atoms with van der Waals surface area (Å²) in [6.07, 6.45) is 8.14. The molecule has 1 N–H and O–H groups in total. The van der Waals surface area contributed by atoms with Crippen molar-refractivity contribution in [3.8, 4) is 0 Å². The molecule has 2 aliphatic rings. The van der Waals surface area contributed by atoms with Crippen LogP contribution in [-0.2, 0) is 0 Å². The zero-order valence-corrected chi connectivity index (χ0v) is 10.3. The van der Waals surface area contributed by atoms with Gasteiger partial charge in [0.1, 0.15) is 0 Å². The van der Waals surface area contributed by atoms with Crippen molar-refractivity contribution in [2.75, 3.05) is 0 Å². The van der Waals surface area contributed by atoms with Gasteiger partial charge in [-0.15, -0.1) is 0 Å². The Morgan fingerprint density at radius 3 is 2.73 bits per heavy atom. The van der Waals surface area contributed by atoms with Crippen LogP contribution >= 0.6 is 0 Å². The summed E-state index contributed by atoms with van der Waals surface area (Å²) >= 11 is 0. The number of rotatable bonds is 1. The SMILES string of the molecule is CC1=CCC(C(C)C)C2(CCCC2O)C1. The van der Waals surface area contributed by atoms with Gasteiger partial charge in [-0.3, -0.25) is 0 Å². The lowest BCUT2D eigenvalue weighted by atomic mass is 9.61.